The molecule has 2 aromatic rings. The third-order valence-corrected chi connectivity index (χ3v) is 7.84. The molecule has 1 atom stereocenters. The second kappa shape index (κ2) is 11.3. The summed E-state index contributed by atoms with van der Waals surface area (Å²) in [5.74, 6) is 2.00. The minimum atomic E-state index is -0.145. The first-order valence-corrected chi connectivity index (χ1v) is 13.4. The molecule has 6 heteroatoms. The summed E-state index contributed by atoms with van der Waals surface area (Å²) >= 11 is 0. The Labute approximate surface area is 217 Å². The molecule has 0 bridgehead atoms. The van der Waals surface area contributed by atoms with E-state index < -0.39 is 0 Å². The minimum absolute atomic E-state index is 0. The number of carbonyl (C=O) groups is 1. The molecule has 2 aliphatic heterocycles. The number of likely N-dealkylation sites (tertiary alicyclic amines) is 1. The van der Waals surface area contributed by atoms with Crippen LogP contribution in [0.5, 0.6) is 0 Å². The molecule has 0 aromatic heterocycles. The molecule has 1 aliphatic carbocycles. The van der Waals surface area contributed by atoms with Gasteiger partial charge in [-0.25, -0.2) is 10.4 Å². The first kappa shape index (κ1) is 25.9. The van der Waals surface area contributed by atoms with Gasteiger partial charge in [0.05, 0.1) is 11.6 Å². The lowest BCUT2D eigenvalue weighted by molar-refractivity contribution is 0.0712. The molecule has 2 fully saturated rings. The molecule has 36 heavy (non-hydrogen) atoms. The molecule has 192 valence electrons. The molecular formula is C30H41N5O. The number of nitriles is 1. The van der Waals surface area contributed by atoms with Crippen molar-refractivity contribution in [2.24, 2.45) is 4.99 Å². The van der Waals surface area contributed by atoms with Gasteiger partial charge < -0.3 is 10.3 Å². The molecule has 2 aromatic carbocycles. The Morgan fingerprint density at radius 2 is 1.72 bits per heavy atom. The van der Waals surface area contributed by atoms with Gasteiger partial charge in [0.25, 0.3) is 5.91 Å². The number of amidine groups is 1. The van der Waals surface area contributed by atoms with Gasteiger partial charge in [-0.2, -0.15) is 5.26 Å². The molecule has 6 nitrogen and oxygen atoms in total. The maximum atomic E-state index is 13.6. The molecule has 0 spiro atoms. The van der Waals surface area contributed by atoms with Gasteiger partial charge in [-0.3, -0.25) is 4.79 Å². The third-order valence-electron chi connectivity index (χ3n) is 7.84. The normalized spacial score (nSPS) is 19.9. The number of aryl methyl sites for hydroxylation is 2. The Bertz CT molecular complexity index is 1190. The molecule has 1 unspecified atom stereocenters. The first-order chi connectivity index (χ1) is 17.4. The van der Waals surface area contributed by atoms with Crippen molar-refractivity contribution in [3.8, 4) is 6.07 Å². The zero-order chi connectivity index (χ0) is 25.8. The monoisotopic (exact) mass is 487 g/mol. The number of aliphatic imine (C=N–C) groups is 1. The van der Waals surface area contributed by atoms with Crippen LogP contribution in [0.2, 0.25) is 0 Å². The number of rotatable bonds is 4. The van der Waals surface area contributed by atoms with E-state index in [1.807, 2.05) is 38.7 Å². The lowest BCUT2D eigenvalue weighted by Crippen LogP contribution is -2.38. The molecule has 1 saturated carbocycles. The van der Waals surface area contributed by atoms with Crippen molar-refractivity contribution in [2.45, 2.75) is 84.7 Å². The van der Waals surface area contributed by atoms with Gasteiger partial charge in [-0.1, -0.05) is 38.5 Å². The van der Waals surface area contributed by atoms with Crippen molar-refractivity contribution >= 4 is 11.7 Å². The second-order valence-electron chi connectivity index (χ2n) is 10.1. The Morgan fingerprint density at radius 1 is 1.00 bits per heavy atom. The molecule has 3 aliphatic rings. The summed E-state index contributed by atoms with van der Waals surface area (Å²) in [4.78, 5) is 20.3. The maximum Gasteiger partial charge on any atom is 0.254 e. The number of carbonyl (C=O) groups excluding carboxylic acids is 1. The van der Waals surface area contributed by atoms with E-state index in [1.165, 1.54) is 30.4 Å². The number of piperidine rings is 1. The van der Waals surface area contributed by atoms with E-state index >= 15 is 0 Å². The quantitative estimate of drug-likeness (QED) is 0.533. The number of hydrazine groups is 1. The van der Waals surface area contributed by atoms with Gasteiger partial charge in [0.2, 0.25) is 0 Å². The molecule has 2 N–H and O–H groups in total. The molecule has 1 saturated heterocycles. The SMILES string of the molecule is CC.CC1=NC(c2cc(C(=O)N3CCC(c4ccc(C#N)c(C)c4)CC3)c(C)cc2C2CCC2)NN1.[HH]. The van der Waals surface area contributed by atoms with Crippen LogP contribution in [0.3, 0.4) is 0 Å². The van der Waals surface area contributed by atoms with E-state index in [-0.39, 0.29) is 13.5 Å². The fourth-order valence-corrected chi connectivity index (χ4v) is 5.52. The van der Waals surface area contributed by atoms with E-state index in [0.29, 0.717) is 11.8 Å². The Morgan fingerprint density at radius 3 is 2.28 bits per heavy atom. The van der Waals surface area contributed by atoms with Crippen molar-refractivity contribution in [3.63, 3.8) is 0 Å². The summed E-state index contributed by atoms with van der Waals surface area (Å²) in [7, 11) is 0. The van der Waals surface area contributed by atoms with Crippen LogP contribution in [-0.4, -0.2) is 29.7 Å². The third kappa shape index (κ3) is 5.17. The zero-order valence-electron chi connectivity index (χ0n) is 22.3. The van der Waals surface area contributed by atoms with Gasteiger partial charge >= 0.3 is 0 Å². The Hall–Kier alpha value is -3.17. The van der Waals surface area contributed by atoms with Gasteiger partial charge in [-0.15, -0.1) is 0 Å². The lowest BCUT2D eigenvalue weighted by Gasteiger charge is -2.34. The summed E-state index contributed by atoms with van der Waals surface area (Å²) in [6.07, 6.45) is 5.45. The molecular weight excluding hydrogens is 446 g/mol. The van der Waals surface area contributed by atoms with Gasteiger partial charge in [0.15, 0.2) is 0 Å². The van der Waals surface area contributed by atoms with Crippen LogP contribution in [0.15, 0.2) is 35.3 Å². The number of hydrogen-bond donors (Lipinski definition) is 2. The highest BCUT2D eigenvalue weighted by molar-refractivity contribution is 5.96. The van der Waals surface area contributed by atoms with E-state index in [2.05, 4.69) is 48.1 Å². The predicted octanol–water partition coefficient (Wildman–Crippen LogP) is 6.26. The van der Waals surface area contributed by atoms with Crippen LogP contribution >= 0.6 is 0 Å². The number of hydrogen-bond acceptors (Lipinski definition) is 5. The fraction of sp³-hybridized carbons (Fsp3) is 0.500. The average molecular weight is 488 g/mol. The average Bonchev–Trinajstić information content (AvgIpc) is 3.30. The smallest absolute Gasteiger partial charge is 0.254 e. The number of amides is 1. The van der Waals surface area contributed by atoms with Crippen LogP contribution < -0.4 is 10.9 Å². The van der Waals surface area contributed by atoms with E-state index in [0.717, 1.165) is 59.6 Å². The highest BCUT2D eigenvalue weighted by Crippen LogP contribution is 2.41. The van der Waals surface area contributed by atoms with Crippen molar-refractivity contribution in [1.82, 2.24) is 15.8 Å². The second-order valence-corrected chi connectivity index (χ2v) is 10.1. The van der Waals surface area contributed by atoms with E-state index in [4.69, 9.17) is 4.99 Å². The van der Waals surface area contributed by atoms with Crippen LogP contribution in [-0.2, 0) is 0 Å². The van der Waals surface area contributed by atoms with E-state index in [1.54, 1.807) is 0 Å². The Kier molecular flexibility index (Phi) is 8.11. The predicted molar refractivity (Wildman–Crippen MR) is 147 cm³/mol. The first-order valence-electron chi connectivity index (χ1n) is 13.4. The topological polar surface area (TPSA) is 80.5 Å². The summed E-state index contributed by atoms with van der Waals surface area (Å²) in [6.45, 7) is 11.5. The highest BCUT2D eigenvalue weighted by atomic mass is 16.2. The van der Waals surface area contributed by atoms with Crippen LogP contribution in [0.1, 0.15) is 116 Å². The molecule has 0 radical (unpaired) electrons. The van der Waals surface area contributed by atoms with Gasteiger partial charge in [0, 0.05) is 20.1 Å². The standard InChI is InChI=1S/C28H33N5O.C2H6.H2/c1-17-13-22(7-8-23(17)16-29)20-9-11-33(12-10-20)28(34)24-15-26(27-30-19(3)31-32-27)25(14-18(24)2)21-5-4-6-21;1-2;/h7-8,13-15,20-21,27,32H,4-6,9-12H2,1-3H3,(H,30,31);1-2H3;1H. The largest absolute Gasteiger partial charge is 0.339 e. The number of nitrogens with one attached hydrogen (secondary N) is 2. The summed E-state index contributed by atoms with van der Waals surface area (Å²) in [5.41, 5.74) is 13.8. The molecule has 2 heterocycles. The van der Waals surface area contributed by atoms with Gasteiger partial charge in [0.1, 0.15) is 12.0 Å². The van der Waals surface area contributed by atoms with Crippen molar-refractivity contribution in [2.75, 3.05) is 13.1 Å². The van der Waals surface area contributed by atoms with Crippen molar-refractivity contribution < 1.29 is 6.22 Å². The summed E-state index contributed by atoms with van der Waals surface area (Å²) < 4.78 is 0. The maximum absolute atomic E-state index is 13.6. The van der Waals surface area contributed by atoms with Crippen molar-refractivity contribution in [1.29, 1.82) is 5.26 Å². The van der Waals surface area contributed by atoms with Crippen LogP contribution in [0.4, 0.5) is 0 Å². The lowest BCUT2D eigenvalue weighted by atomic mass is 9.76. The minimum Gasteiger partial charge on any atom is -0.339 e. The molecule has 1 amide bonds. The van der Waals surface area contributed by atoms with E-state index in [9.17, 15) is 10.1 Å². The van der Waals surface area contributed by atoms with Crippen LogP contribution in [0, 0.1) is 25.2 Å². The Balaban J connectivity index is 0.00000124. The van der Waals surface area contributed by atoms with Crippen molar-refractivity contribution in [3.05, 3.63) is 69.3 Å². The van der Waals surface area contributed by atoms with Crippen LogP contribution in [0.25, 0.3) is 0 Å². The summed E-state index contributed by atoms with van der Waals surface area (Å²) in [6, 6.07) is 12.7. The zero-order valence-corrected chi connectivity index (χ0v) is 22.3. The number of nitrogens with zero attached hydrogens (tertiary/aromatic N) is 3. The molecule has 5 rings (SSSR count). The fourth-order valence-electron chi connectivity index (χ4n) is 5.52. The summed E-state index contributed by atoms with van der Waals surface area (Å²) in [5, 5.41) is 9.20. The number of benzene rings is 2. The van der Waals surface area contributed by atoms with Gasteiger partial charge in [-0.05, 0) is 98.2 Å². The highest BCUT2D eigenvalue weighted by Gasteiger charge is 2.31.